The Morgan fingerprint density at radius 2 is 2.11 bits per heavy atom. The van der Waals surface area contributed by atoms with Gasteiger partial charge in [0.15, 0.2) is 0 Å². The molecule has 1 N–H and O–H groups in total. The Morgan fingerprint density at radius 1 is 1.39 bits per heavy atom. The number of aliphatic hydroxyl groups excluding tert-OH is 1. The van der Waals surface area contributed by atoms with Crippen molar-refractivity contribution in [3.63, 3.8) is 0 Å². The number of benzene rings is 1. The zero-order valence-corrected chi connectivity index (χ0v) is 11.3. The fraction of sp³-hybridized carbons (Fsp3) is 0.571. The van der Waals surface area contributed by atoms with E-state index in [1.807, 2.05) is 24.8 Å². The lowest BCUT2D eigenvalue weighted by Gasteiger charge is -2.26. The van der Waals surface area contributed by atoms with Crippen molar-refractivity contribution >= 4 is 5.69 Å². The van der Waals surface area contributed by atoms with Crippen molar-refractivity contribution in [3.8, 4) is 0 Å². The first-order chi connectivity index (χ1) is 8.61. The van der Waals surface area contributed by atoms with E-state index in [1.165, 1.54) is 6.07 Å². The third kappa shape index (κ3) is 3.68. The van der Waals surface area contributed by atoms with E-state index in [9.17, 15) is 9.50 Å². The van der Waals surface area contributed by atoms with Crippen LogP contribution in [0.3, 0.4) is 0 Å². The van der Waals surface area contributed by atoms with Gasteiger partial charge in [0.05, 0.1) is 12.7 Å². The van der Waals surface area contributed by atoms with Crippen LogP contribution in [0.2, 0.25) is 0 Å². The normalized spacial score (nSPS) is 12.5. The summed E-state index contributed by atoms with van der Waals surface area (Å²) in [4.78, 5) is 2.01. The van der Waals surface area contributed by atoms with Gasteiger partial charge in [-0.15, -0.1) is 0 Å². The SMILES string of the molecule is CCOCCN(CC)c1cccc(F)c1[C@H](C)O. The van der Waals surface area contributed by atoms with E-state index in [0.717, 1.165) is 12.2 Å². The topological polar surface area (TPSA) is 32.7 Å². The molecule has 1 aromatic carbocycles. The first kappa shape index (κ1) is 14.9. The summed E-state index contributed by atoms with van der Waals surface area (Å²) in [5.41, 5.74) is 1.10. The summed E-state index contributed by atoms with van der Waals surface area (Å²) in [6, 6.07) is 4.88. The molecule has 0 saturated carbocycles. The molecule has 0 heterocycles. The summed E-state index contributed by atoms with van der Waals surface area (Å²) in [6.07, 6.45) is -0.817. The van der Waals surface area contributed by atoms with E-state index in [4.69, 9.17) is 4.74 Å². The first-order valence-electron chi connectivity index (χ1n) is 6.40. The van der Waals surface area contributed by atoms with Crippen molar-refractivity contribution in [3.05, 3.63) is 29.6 Å². The van der Waals surface area contributed by atoms with Crippen molar-refractivity contribution in [2.45, 2.75) is 26.9 Å². The second kappa shape index (κ2) is 7.34. The van der Waals surface area contributed by atoms with Crippen LogP contribution < -0.4 is 4.90 Å². The molecule has 0 amide bonds. The summed E-state index contributed by atoms with van der Waals surface area (Å²) in [5, 5.41) is 9.70. The zero-order valence-electron chi connectivity index (χ0n) is 11.3. The molecule has 18 heavy (non-hydrogen) atoms. The molecule has 0 aromatic heterocycles. The molecule has 1 aromatic rings. The van der Waals surface area contributed by atoms with Crippen LogP contribution in [0.5, 0.6) is 0 Å². The number of nitrogens with zero attached hydrogens (tertiary/aromatic N) is 1. The number of rotatable bonds is 7. The van der Waals surface area contributed by atoms with Crippen molar-refractivity contribution in [1.29, 1.82) is 0 Å². The Labute approximate surface area is 108 Å². The molecule has 0 spiro atoms. The molecule has 0 bridgehead atoms. The standard InChI is InChI=1S/C14H22FNO2/c1-4-16(9-10-18-5-2)13-8-6-7-12(15)14(13)11(3)17/h6-8,11,17H,4-5,9-10H2,1-3H3/t11-/m0/s1. The number of anilines is 1. The van der Waals surface area contributed by atoms with E-state index in [2.05, 4.69) is 0 Å². The highest BCUT2D eigenvalue weighted by atomic mass is 19.1. The maximum Gasteiger partial charge on any atom is 0.131 e. The van der Waals surface area contributed by atoms with Gasteiger partial charge in [0, 0.05) is 30.9 Å². The molecule has 0 unspecified atom stereocenters. The lowest BCUT2D eigenvalue weighted by molar-refractivity contribution is 0.153. The van der Waals surface area contributed by atoms with Crippen LogP contribution in [-0.2, 0) is 4.74 Å². The predicted molar refractivity (Wildman–Crippen MR) is 71.4 cm³/mol. The van der Waals surface area contributed by atoms with E-state index >= 15 is 0 Å². The second-order valence-corrected chi connectivity index (χ2v) is 4.13. The molecule has 1 atom stereocenters. The Hall–Kier alpha value is -1.13. The van der Waals surface area contributed by atoms with Crippen LogP contribution in [0, 0.1) is 5.82 Å². The van der Waals surface area contributed by atoms with Crippen molar-refractivity contribution in [2.24, 2.45) is 0 Å². The van der Waals surface area contributed by atoms with E-state index in [-0.39, 0.29) is 5.82 Å². The number of likely N-dealkylation sites (N-methyl/N-ethyl adjacent to an activating group) is 1. The van der Waals surface area contributed by atoms with Crippen molar-refractivity contribution in [1.82, 2.24) is 0 Å². The van der Waals surface area contributed by atoms with Gasteiger partial charge in [-0.3, -0.25) is 0 Å². The van der Waals surface area contributed by atoms with Crippen LogP contribution in [0.1, 0.15) is 32.4 Å². The molecular weight excluding hydrogens is 233 g/mol. The highest BCUT2D eigenvalue weighted by molar-refractivity contribution is 5.55. The van der Waals surface area contributed by atoms with Crippen LogP contribution in [0.4, 0.5) is 10.1 Å². The smallest absolute Gasteiger partial charge is 0.131 e. The zero-order chi connectivity index (χ0) is 13.5. The molecule has 1 rings (SSSR count). The number of ether oxygens (including phenoxy) is 1. The summed E-state index contributed by atoms with van der Waals surface area (Å²) >= 11 is 0. The Morgan fingerprint density at radius 3 is 2.67 bits per heavy atom. The molecule has 0 aliphatic carbocycles. The average Bonchev–Trinajstić information content (AvgIpc) is 2.34. The highest BCUT2D eigenvalue weighted by Crippen LogP contribution is 2.28. The largest absolute Gasteiger partial charge is 0.389 e. The van der Waals surface area contributed by atoms with Gasteiger partial charge in [0.1, 0.15) is 5.82 Å². The van der Waals surface area contributed by atoms with Gasteiger partial charge in [0.2, 0.25) is 0 Å². The number of hydrogen-bond acceptors (Lipinski definition) is 3. The Kier molecular flexibility index (Phi) is 6.09. The van der Waals surface area contributed by atoms with E-state index < -0.39 is 6.10 Å². The van der Waals surface area contributed by atoms with Crippen molar-refractivity contribution in [2.75, 3.05) is 31.2 Å². The fourth-order valence-corrected chi connectivity index (χ4v) is 1.98. The van der Waals surface area contributed by atoms with Gasteiger partial charge in [-0.05, 0) is 32.9 Å². The van der Waals surface area contributed by atoms with Gasteiger partial charge >= 0.3 is 0 Å². The fourth-order valence-electron chi connectivity index (χ4n) is 1.98. The van der Waals surface area contributed by atoms with Gasteiger partial charge in [-0.25, -0.2) is 4.39 Å². The predicted octanol–water partition coefficient (Wildman–Crippen LogP) is 2.74. The summed E-state index contributed by atoms with van der Waals surface area (Å²) in [5.74, 6) is -0.364. The van der Waals surface area contributed by atoms with Gasteiger partial charge < -0.3 is 14.7 Å². The maximum atomic E-state index is 13.8. The second-order valence-electron chi connectivity index (χ2n) is 4.13. The average molecular weight is 255 g/mol. The Bertz CT molecular complexity index is 369. The van der Waals surface area contributed by atoms with Crippen LogP contribution in [0.15, 0.2) is 18.2 Å². The van der Waals surface area contributed by atoms with Crippen molar-refractivity contribution < 1.29 is 14.2 Å². The quantitative estimate of drug-likeness (QED) is 0.760. The summed E-state index contributed by atoms with van der Waals surface area (Å²) < 4.78 is 19.1. The van der Waals surface area contributed by atoms with Gasteiger partial charge in [0.25, 0.3) is 0 Å². The third-order valence-electron chi connectivity index (χ3n) is 2.88. The molecule has 102 valence electrons. The summed E-state index contributed by atoms with van der Waals surface area (Å²) in [6.45, 7) is 8.23. The van der Waals surface area contributed by atoms with Crippen LogP contribution >= 0.6 is 0 Å². The van der Waals surface area contributed by atoms with E-state index in [1.54, 1.807) is 13.0 Å². The minimum absolute atomic E-state index is 0.357. The number of hydrogen-bond donors (Lipinski definition) is 1. The molecule has 4 heteroatoms. The van der Waals surface area contributed by atoms with Gasteiger partial charge in [-0.2, -0.15) is 0 Å². The highest BCUT2D eigenvalue weighted by Gasteiger charge is 2.17. The molecule has 0 fully saturated rings. The molecule has 0 aliphatic heterocycles. The molecular formula is C14H22FNO2. The van der Waals surface area contributed by atoms with Crippen LogP contribution in [-0.4, -0.2) is 31.4 Å². The third-order valence-corrected chi connectivity index (χ3v) is 2.88. The maximum absolute atomic E-state index is 13.8. The van der Waals surface area contributed by atoms with Gasteiger partial charge in [-0.1, -0.05) is 6.07 Å². The molecule has 0 saturated heterocycles. The molecule has 3 nitrogen and oxygen atoms in total. The molecule has 0 aliphatic rings. The summed E-state index contributed by atoms with van der Waals surface area (Å²) in [7, 11) is 0. The lowest BCUT2D eigenvalue weighted by atomic mass is 10.1. The van der Waals surface area contributed by atoms with E-state index in [0.29, 0.717) is 25.3 Å². The Balaban J connectivity index is 2.94. The number of aliphatic hydroxyl groups is 1. The minimum atomic E-state index is -0.817. The minimum Gasteiger partial charge on any atom is -0.389 e. The van der Waals surface area contributed by atoms with Crippen LogP contribution in [0.25, 0.3) is 0 Å². The number of halogens is 1. The monoisotopic (exact) mass is 255 g/mol. The first-order valence-corrected chi connectivity index (χ1v) is 6.40. The lowest BCUT2D eigenvalue weighted by Crippen LogP contribution is -2.28. The molecule has 0 radical (unpaired) electrons.